The van der Waals surface area contributed by atoms with Gasteiger partial charge in [0.2, 0.25) is 6.41 Å². The van der Waals surface area contributed by atoms with E-state index in [1.54, 1.807) is 28.5 Å². The van der Waals surface area contributed by atoms with E-state index >= 15 is 0 Å². The summed E-state index contributed by atoms with van der Waals surface area (Å²) in [6, 6.07) is 0. The molecule has 158 valence electrons. The quantitative estimate of drug-likeness (QED) is 0.245. The Kier molecular flexibility index (Phi) is 13.0. The summed E-state index contributed by atoms with van der Waals surface area (Å²) in [5, 5.41) is 9.40. The van der Waals surface area contributed by atoms with Crippen molar-refractivity contribution in [2.45, 2.75) is 72.3 Å². The molecule has 0 aliphatic rings. The minimum Gasteiger partial charge on any atom is -0.396 e. The van der Waals surface area contributed by atoms with Gasteiger partial charge < -0.3 is 15.0 Å². The lowest BCUT2D eigenvalue weighted by molar-refractivity contribution is -0.116. The van der Waals surface area contributed by atoms with E-state index in [-0.39, 0.29) is 18.7 Å². The molecular formula is C20H33N3O3S2. The number of allylic oxidation sites excluding steroid dienone is 1. The normalized spacial score (nSPS) is 12.0. The van der Waals surface area contributed by atoms with Gasteiger partial charge >= 0.3 is 0 Å². The molecule has 0 aliphatic carbocycles. The van der Waals surface area contributed by atoms with Crippen LogP contribution in [0.3, 0.4) is 0 Å². The number of aryl methyl sites for hydroxylation is 1. The second-order valence-corrected chi connectivity index (χ2v) is 9.22. The van der Waals surface area contributed by atoms with Crippen LogP contribution in [-0.2, 0) is 11.3 Å². The number of nitrogens with one attached hydrogen (secondary N) is 1. The van der Waals surface area contributed by atoms with Crippen molar-refractivity contribution in [1.29, 1.82) is 0 Å². The first-order chi connectivity index (χ1) is 13.5. The molecule has 1 amide bonds. The number of aromatic nitrogens is 2. The van der Waals surface area contributed by atoms with Gasteiger partial charge in [-0.2, -0.15) is 0 Å². The monoisotopic (exact) mass is 427 g/mol. The summed E-state index contributed by atoms with van der Waals surface area (Å²) in [4.78, 5) is 32.9. The van der Waals surface area contributed by atoms with Gasteiger partial charge in [0.15, 0.2) is 0 Å². The van der Waals surface area contributed by atoms with Gasteiger partial charge in [0.1, 0.15) is 5.82 Å². The Balaban J connectivity index is 2.64. The van der Waals surface area contributed by atoms with E-state index in [1.807, 2.05) is 6.92 Å². The van der Waals surface area contributed by atoms with E-state index in [1.165, 1.54) is 49.6 Å². The van der Waals surface area contributed by atoms with Crippen LogP contribution in [0.25, 0.3) is 0 Å². The smallest absolute Gasteiger partial charge is 0.255 e. The molecule has 0 radical (unpaired) electrons. The Morgan fingerprint density at radius 1 is 1.29 bits per heavy atom. The fraction of sp³-hybridized carbons (Fsp3) is 0.650. The number of hydrogen-bond donors (Lipinski definition) is 2. The molecule has 1 aromatic heterocycles. The fourth-order valence-corrected chi connectivity index (χ4v) is 5.24. The standard InChI is InChI=1S/C20H33N3O3S2/c1-4-5-6-7-8-9-12-27-28-19(10-11-24)16(2)23(15-25)14-18-13-21-17(3)22-20(18)26/h13,15,24H,4-12,14H2,1-3H3,(H,21,22,26)/b19-16+. The van der Waals surface area contributed by atoms with Crippen molar-refractivity contribution in [2.75, 3.05) is 12.4 Å². The van der Waals surface area contributed by atoms with E-state index in [4.69, 9.17) is 0 Å². The lowest BCUT2D eigenvalue weighted by Crippen LogP contribution is -2.26. The van der Waals surface area contributed by atoms with E-state index in [2.05, 4.69) is 16.9 Å². The van der Waals surface area contributed by atoms with Crippen molar-refractivity contribution >= 4 is 28.0 Å². The van der Waals surface area contributed by atoms with Gasteiger partial charge in [-0.15, -0.1) is 0 Å². The van der Waals surface area contributed by atoms with E-state index in [0.717, 1.165) is 22.8 Å². The van der Waals surface area contributed by atoms with Gasteiger partial charge in [-0.25, -0.2) is 4.98 Å². The summed E-state index contributed by atoms with van der Waals surface area (Å²) >= 11 is 0. The van der Waals surface area contributed by atoms with Crippen LogP contribution in [0, 0.1) is 6.92 Å². The average molecular weight is 428 g/mol. The van der Waals surface area contributed by atoms with Crippen LogP contribution in [0.1, 0.15) is 70.2 Å². The SMILES string of the molecule is CCCCCCCCSS/C(CCO)=C(\C)N(C=O)Cc1cnc(C)[nH]c1=O. The Hall–Kier alpha value is -1.25. The van der Waals surface area contributed by atoms with Crippen molar-refractivity contribution in [3.05, 3.63) is 38.5 Å². The molecule has 6 nitrogen and oxygen atoms in total. The third-order valence-electron chi connectivity index (χ3n) is 4.38. The zero-order chi connectivity index (χ0) is 20.8. The van der Waals surface area contributed by atoms with Gasteiger partial charge in [-0.05, 0) is 20.3 Å². The number of aromatic amines is 1. The second kappa shape index (κ2) is 14.7. The van der Waals surface area contributed by atoms with Crippen molar-refractivity contribution < 1.29 is 9.90 Å². The molecule has 8 heteroatoms. The fourth-order valence-electron chi connectivity index (χ4n) is 2.64. The molecule has 0 aliphatic heterocycles. The number of amides is 1. The topological polar surface area (TPSA) is 86.3 Å². The Bertz CT molecular complexity index is 677. The van der Waals surface area contributed by atoms with E-state index < -0.39 is 0 Å². The molecule has 0 fully saturated rings. The number of aliphatic hydroxyl groups excluding tert-OH is 1. The Morgan fingerprint density at radius 3 is 2.64 bits per heavy atom. The van der Waals surface area contributed by atoms with Gasteiger partial charge in [0, 0.05) is 35.6 Å². The molecule has 0 saturated carbocycles. The molecule has 0 spiro atoms. The van der Waals surface area contributed by atoms with Crippen molar-refractivity contribution in [3.8, 4) is 0 Å². The molecule has 0 unspecified atom stereocenters. The van der Waals surface area contributed by atoms with Crippen molar-refractivity contribution in [1.82, 2.24) is 14.9 Å². The van der Waals surface area contributed by atoms with Crippen LogP contribution in [0.4, 0.5) is 0 Å². The van der Waals surface area contributed by atoms with Crippen LogP contribution in [0.5, 0.6) is 0 Å². The minimum absolute atomic E-state index is 0.0244. The molecule has 1 heterocycles. The Labute approximate surface area is 176 Å². The summed E-state index contributed by atoms with van der Waals surface area (Å²) < 4.78 is 0. The highest BCUT2D eigenvalue weighted by atomic mass is 33.1. The molecule has 0 atom stereocenters. The maximum Gasteiger partial charge on any atom is 0.255 e. The second-order valence-electron chi connectivity index (χ2n) is 6.71. The number of hydrogen-bond acceptors (Lipinski definition) is 6. The molecule has 0 aromatic carbocycles. The molecule has 1 rings (SSSR count). The number of unbranched alkanes of at least 4 members (excludes halogenated alkanes) is 5. The number of carbonyl (C=O) groups is 1. The zero-order valence-corrected chi connectivity index (χ0v) is 18.8. The summed E-state index contributed by atoms with van der Waals surface area (Å²) in [6.45, 7) is 5.97. The van der Waals surface area contributed by atoms with Crippen molar-refractivity contribution in [3.63, 3.8) is 0 Å². The summed E-state index contributed by atoms with van der Waals surface area (Å²) in [6.07, 6.45) is 10.3. The summed E-state index contributed by atoms with van der Waals surface area (Å²) in [5.41, 5.74) is 0.968. The first kappa shape index (κ1) is 24.8. The van der Waals surface area contributed by atoms with E-state index in [9.17, 15) is 14.7 Å². The molecule has 28 heavy (non-hydrogen) atoms. The largest absolute Gasteiger partial charge is 0.396 e. The molecule has 1 aromatic rings. The Morgan fingerprint density at radius 2 is 2.00 bits per heavy atom. The molecule has 2 N–H and O–H groups in total. The molecule has 0 saturated heterocycles. The molecule has 0 bridgehead atoms. The number of H-pyrrole nitrogens is 1. The predicted octanol–water partition coefficient (Wildman–Crippen LogP) is 4.39. The lowest BCUT2D eigenvalue weighted by atomic mass is 10.1. The number of rotatable bonds is 15. The predicted molar refractivity (Wildman–Crippen MR) is 119 cm³/mol. The zero-order valence-electron chi connectivity index (χ0n) is 17.2. The minimum atomic E-state index is -0.235. The third kappa shape index (κ3) is 9.30. The van der Waals surface area contributed by atoms with Gasteiger partial charge in [0.25, 0.3) is 5.56 Å². The summed E-state index contributed by atoms with van der Waals surface area (Å²) in [7, 11) is 3.38. The first-order valence-corrected chi connectivity index (χ1v) is 12.2. The van der Waals surface area contributed by atoms with Crippen LogP contribution in [-0.4, -0.2) is 38.7 Å². The molecular weight excluding hydrogens is 394 g/mol. The van der Waals surface area contributed by atoms with Gasteiger partial charge in [0.05, 0.1) is 12.1 Å². The number of nitrogens with zero attached hydrogens (tertiary/aromatic N) is 2. The third-order valence-corrected chi connectivity index (χ3v) is 7.11. The van der Waals surface area contributed by atoms with Gasteiger partial charge in [-0.3, -0.25) is 9.59 Å². The highest BCUT2D eigenvalue weighted by Gasteiger charge is 2.14. The van der Waals surface area contributed by atoms with Crippen LogP contribution in [0.2, 0.25) is 0 Å². The number of aliphatic hydroxyl groups is 1. The van der Waals surface area contributed by atoms with Gasteiger partial charge in [-0.1, -0.05) is 60.6 Å². The van der Waals surface area contributed by atoms with Crippen LogP contribution < -0.4 is 5.56 Å². The first-order valence-electron chi connectivity index (χ1n) is 9.90. The maximum atomic E-state index is 12.0. The number of carbonyl (C=O) groups excluding carboxylic acids is 1. The average Bonchev–Trinajstić information content (AvgIpc) is 2.68. The van der Waals surface area contributed by atoms with Crippen LogP contribution >= 0.6 is 21.6 Å². The van der Waals surface area contributed by atoms with Crippen molar-refractivity contribution in [2.24, 2.45) is 0 Å². The highest BCUT2D eigenvalue weighted by molar-refractivity contribution is 8.78. The lowest BCUT2D eigenvalue weighted by Gasteiger charge is -2.21. The van der Waals surface area contributed by atoms with E-state index in [0.29, 0.717) is 17.8 Å². The highest BCUT2D eigenvalue weighted by Crippen LogP contribution is 2.36. The maximum absolute atomic E-state index is 12.0. The summed E-state index contributed by atoms with van der Waals surface area (Å²) in [5.74, 6) is 1.59. The van der Waals surface area contributed by atoms with Crippen LogP contribution in [0.15, 0.2) is 21.6 Å².